The topological polar surface area (TPSA) is 24.9 Å². The lowest BCUT2D eigenvalue weighted by molar-refractivity contribution is 0.608. The Morgan fingerprint density at radius 2 is 2.31 bits per heavy atom. The predicted molar refractivity (Wildman–Crippen MR) is 68.4 cm³/mol. The van der Waals surface area contributed by atoms with E-state index < -0.39 is 0 Å². The van der Waals surface area contributed by atoms with Crippen molar-refractivity contribution >= 4 is 10.8 Å². The average Bonchev–Trinajstić information content (AvgIpc) is 2.35. The molecule has 1 unspecified atom stereocenters. The van der Waals surface area contributed by atoms with E-state index in [4.69, 9.17) is 0 Å². The molecule has 1 N–H and O–H groups in total. The second-order valence-corrected chi connectivity index (χ2v) is 3.81. The van der Waals surface area contributed by atoms with Crippen LogP contribution in [0, 0.1) is 0 Å². The van der Waals surface area contributed by atoms with E-state index in [1.807, 2.05) is 31.6 Å². The summed E-state index contributed by atoms with van der Waals surface area (Å²) in [7, 11) is 1.98. The molecule has 0 fully saturated rings. The molecule has 1 heterocycles. The summed E-state index contributed by atoms with van der Waals surface area (Å²) in [6.07, 6.45) is 6.62. The molecule has 0 bridgehead atoms. The summed E-state index contributed by atoms with van der Waals surface area (Å²) < 4.78 is 0. The number of rotatable bonds is 4. The van der Waals surface area contributed by atoms with Gasteiger partial charge < -0.3 is 5.32 Å². The van der Waals surface area contributed by atoms with Gasteiger partial charge in [0, 0.05) is 23.8 Å². The molecule has 0 aliphatic heterocycles. The summed E-state index contributed by atoms with van der Waals surface area (Å²) in [6, 6.07) is 8.70. The summed E-state index contributed by atoms with van der Waals surface area (Å²) in [5.74, 6) is 0. The normalized spacial score (nSPS) is 12.6. The van der Waals surface area contributed by atoms with Crippen LogP contribution >= 0.6 is 0 Å². The second kappa shape index (κ2) is 4.90. The summed E-state index contributed by atoms with van der Waals surface area (Å²) in [6.45, 7) is 3.80. The Hall–Kier alpha value is -1.67. The fourth-order valence-electron chi connectivity index (χ4n) is 2.01. The molecule has 1 aromatic heterocycles. The number of aromatic nitrogens is 1. The van der Waals surface area contributed by atoms with Gasteiger partial charge in [0.05, 0.1) is 0 Å². The Morgan fingerprint density at radius 1 is 1.44 bits per heavy atom. The van der Waals surface area contributed by atoms with E-state index in [0.29, 0.717) is 6.04 Å². The largest absolute Gasteiger partial charge is 0.313 e. The van der Waals surface area contributed by atoms with Crippen LogP contribution in [0.25, 0.3) is 10.8 Å². The van der Waals surface area contributed by atoms with Gasteiger partial charge in [0.25, 0.3) is 0 Å². The van der Waals surface area contributed by atoms with Crippen LogP contribution in [-0.2, 0) is 0 Å². The smallest absolute Gasteiger partial charge is 0.0359 e. The Morgan fingerprint density at radius 3 is 3.06 bits per heavy atom. The highest BCUT2D eigenvalue weighted by atomic mass is 14.9. The third-order valence-corrected chi connectivity index (χ3v) is 2.84. The molecule has 16 heavy (non-hydrogen) atoms. The maximum absolute atomic E-state index is 4.20. The van der Waals surface area contributed by atoms with Crippen LogP contribution in [0.5, 0.6) is 0 Å². The number of hydrogen-bond donors (Lipinski definition) is 1. The molecular formula is C14H16N2. The highest BCUT2D eigenvalue weighted by Gasteiger charge is 2.10. The van der Waals surface area contributed by atoms with Crippen molar-refractivity contribution in [2.24, 2.45) is 0 Å². The van der Waals surface area contributed by atoms with Gasteiger partial charge in [0.2, 0.25) is 0 Å². The molecule has 1 atom stereocenters. The molecule has 2 rings (SSSR count). The molecule has 0 aliphatic carbocycles. The van der Waals surface area contributed by atoms with E-state index in [1.54, 1.807) is 0 Å². The van der Waals surface area contributed by atoms with Gasteiger partial charge in [-0.1, -0.05) is 24.3 Å². The lowest BCUT2D eigenvalue weighted by Crippen LogP contribution is -2.15. The van der Waals surface area contributed by atoms with E-state index in [0.717, 1.165) is 6.42 Å². The van der Waals surface area contributed by atoms with Crippen LogP contribution in [0.4, 0.5) is 0 Å². The maximum Gasteiger partial charge on any atom is 0.0359 e. The Kier molecular flexibility index (Phi) is 3.32. The van der Waals surface area contributed by atoms with Crippen molar-refractivity contribution in [1.82, 2.24) is 10.3 Å². The summed E-state index contributed by atoms with van der Waals surface area (Å²) in [4.78, 5) is 4.20. The van der Waals surface area contributed by atoms with Gasteiger partial charge in [-0.3, -0.25) is 4.98 Å². The van der Waals surface area contributed by atoms with E-state index in [1.165, 1.54) is 16.3 Å². The van der Waals surface area contributed by atoms with Gasteiger partial charge in [-0.15, -0.1) is 6.58 Å². The SMILES string of the molecule is C=CCC(NC)c1cccc2ccncc12. The number of hydrogen-bond acceptors (Lipinski definition) is 2. The first kappa shape index (κ1) is 10.8. The standard InChI is InChI=1S/C14H16N2/c1-3-5-14(15-2)12-7-4-6-11-8-9-16-10-13(11)12/h3-4,6-10,14-15H,1,5H2,2H3. The van der Waals surface area contributed by atoms with Gasteiger partial charge >= 0.3 is 0 Å². The number of benzene rings is 1. The van der Waals surface area contributed by atoms with Crippen molar-refractivity contribution in [3.63, 3.8) is 0 Å². The second-order valence-electron chi connectivity index (χ2n) is 3.81. The molecule has 0 saturated heterocycles. The van der Waals surface area contributed by atoms with Crippen LogP contribution in [0.15, 0.2) is 49.3 Å². The van der Waals surface area contributed by atoms with Crippen molar-refractivity contribution in [2.45, 2.75) is 12.5 Å². The summed E-state index contributed by atoms with van der Waals surface area (Å²) in [5, 5.41) is 5.76. The Labute approximate surface area is 96.0 Å². The van der Waals surface area contributed by atoms with Crippen molar-refractivity contribution < 1.29 is 0 Å². The van der Waals surface area contributed by atoms with Crippen LogP contribution in [0.3, 0.4) is 0 Å². The predicted octanol–water partition coefficient (Wildman–Crippen LogP) is 3.07. The van der Waals surface area contributed by atoms with Crippen molar-refractivity contribution in [3.05, 3.63) is 54.9 Å². The number of nitrogens with one attached hydrogen (secondary N) is 1. The Bertz CT molecular complexity index is 486. The molecule has 0 aliphatic rings. The molecule has 1 aromatic carbocycles. The fraction of sp³-hybridized carbons (Fsp3) is 0.214. The zero-order chi connectivity index (χ0) is 11.4. The van der Waals surface area contributed by atoms with E-state index in [2.05, 4.69) is 35.1 Å². The first-order valence-electron chi connectivity index (χ1n) is 5.47. The monoisotopic (exact) mass is 212 g/mol. The Balaban J connectivity index is 2.54. The zero-order valence-electron chi connectivity index (χ0n) is 9.48. The quantitative estimate of drug-likeness (QED) is 0.788. The number of nitrogens with zero attached hydrogens (tertiary/aromatic N) is 1. The van der Waals surface area contributed by atoms with Gasteiger partial charge in [-0.2, -0.15) is 0 Å². The maximum atomic E-state index is 4.20. The molecule has 0 amide bonds. The molecule has 82 valence electrons. The van der Waals surface area contributed by atoms with Crippen molar-refractivity contribution in [3.8, 4) is 0 Å². The third-order valence-electron chi connectivity index (χ3n) is 2.84. The third kappa shape index (κ3) is 1.97. The molecule has 0 radical (unpaired) electrons. The zero-order valence-corrected chi connectivity index (χ0v) is 9.48. The lowest BCUT2D eigenvalue weighted by atomic mass is 9.98. The van der Waals surface area contributed by atoms with Gasteiger partial charge in [-0.25, -0.2) is 0 Å². The van der Waals surface area contributed by atoms with E-state index in [-0.39, 0.29) is 0 Å². The lowest BCUT2D eigenvalue weighted by Gasteiger charge is -2.16. The number of pyridine rings is 1. The van der Waals surface area contributed by atoms with Crippen LogP contribution < -0.4 is 5.32 Å². The van der Waals surface area contributed by atoms with Crippen molar-refractivity contribution in [2.75, 3.05) is 7.05 Å². The van der Waals surface area contributed by atoms with E-state index in [9.17, 15) is 0 Å². The molecule has 2 heteroatoms. The van der Waals surface area contributed by atoms with Crippen LogP contribution in [-0.4, -0.2) is 12.0 Å². The average molecular weight is 212 g/mol. The minimum Gasteiger partial charge on any atom is -0.313 e. The molecule has 0 saturated carbocycles. The fourth-order valence-corrected chi connectivity index (χ4v) is 2.01. The van der Waals surface area contributed by atoms with Crippen LogP contribution in [0.2, 0.25) is 0 Å². The van der Waals surface area contributed by atoms with Crippen molar-refractivity contribution in [1.29, 1.82) is 0 Å². The first-order valence-corrected chi connectivity index (χ1v) is 5.47. The van der Waals surface area contributed by atoms with E-state index >= 15 is 0 Å². The minimum absolute atomic E-state index is 0.311. The molecular weight excluding hydrogens is 196 g/mol. The molecule has 2 aromatic rings. The first-order chi connectivity index (χ1) is 7.86. The highest BCUT2D eigenvalue weighted by Crippen LogP contribution is 2.25. The summed E-state index contributed by atoms with van der Waals surface area (Å²) in [5.41, 5.74) is 1.29. The van der Waals surface area contributed by atoms with Gasteiger partial charge in [-0.05, 0) is 30.5 Å². The van der Waals surface area contributed by atoms with Gasteiger partial charge in [0.1, 0.15) is 0 Å². The van der Waals surface area contributed by atoms with Gasteiger partial charge in [0.15, 0.2) is 0 Å². The molecule has 2 nitrogen and oxygen atoms in total. The minimum atomic E-state index is 0.311. The van der Waals surface area contributed by atoms with Crippen LogP contribution in [0.1, 0.15) is 18.0 Å². The number of fused-ring (bicyclic) bond motifs is 1. The summed E-state index contributed by atoms with van der Waals surface area (Å²) >= 11 is 0. The molecule has 0 spiro atoms. The highest BCUT2D eigenvalue weighted by molar-refractivity contribution is 5.85.